The quantitative estimate of drug-likeness (QED) is 0.537. The van der Waals surface area contributed by atoms with Crippen molar-refractivity contribution < 1.29 is 18.5 Å². The van der Waals surface area contributed by atoms with Crippen LogP contribution in [0.4, 0.5) is 10.1 Å². The lowest BCUT2D eigenvalue weighted by Crippen LogP contribution is -2.35. The number of nitrogens with zero attached hydrogens (tertiary/aromatic N) is 2. The zero-order valence-corrected chi connectivity index (χ0v) is 18.1. The van der Waals surface area contributed by atoms with Gasteiger partial charge >= 0.3 is 0 Å². The molecule has 2 aromatic carbocycles. The first-order chi connectivity index (χ1) is 14.2. The second kappa shape index (κ2) is 9.04. The van der Waals surface area contributed by atoms with Crippen LogP contribution in [0.15, 0.2) is 40.9 Å². The summed E-state index contributed by atoms with van der Waals surface area (Å²) >= 11 is 18.2. The first-order valence-electron chi connectivity index (χ1n) is 8.60. The Bertz CT molecular complexity index is 1090. The molecule has 30 heavy (non-hydrogen) atoms. The van der Waals surface area contributed by atoms with E-state index in [1.54, 1.807) is 18.2 Å². The smallest absolute Gasteiger partial charge is 0.259 e. The summed E-state index contributed by atoms with van der Waals surface area (Å²) in [6.45, 7) is 1.19. The molecular formula is C20H15Cl3FN3O3. The highest BCUT2D eigenvalue weighted by molar-refractivity contribution is 6.39. The van der Waals surface area contributed by atoms with Gasteiger partial charge in [0.1, 0.15) is 22.8 Å². The predicted molar refractivity (Wildman–Crippen MR) is 114 cm³/mol. The molecule has 6 nitrogen and oxygen atoms in total. The molecule has 0 aliphatic rings. The number of aromatic nitrogens is 1. The normalized spacial score (nSPS) is 10.7. The van der Waals surface area contributed by atoms with Gasteiger partial charge in [0.2, 0.25) is 5.91 Å². The highest BCUT2D eigenvalue weighted by Crippen LogP contribution is 2.34. The van der Waals surface area contributed by atoms with Crippen molar-refractivity contribution in [2.75, 3.05) is 18.9 Å². The van der Waals surface area contributed by atoms with Crippen molar-refractivity contribution in [3.8, 4) is 11.3 Å². The Morgan fingerprint density at radius 1 is 1.10 bits per heavy atom. The van der Waals surface area contributed by atoms with E-state index >= 15 is 0 Å². The molecule has 0 unspecified atom stereocenters. The van der Waals surface area contributed by atoms with E-state index in [4.69, 9.17) is 39.3 Å². The summed E-state index contributed by atoms with van der Waals surface area (Å²) in [4.78, 5) is 26.5. The standard InChI is InChI=1S/C20H15Cl3FN3O3/c1-10-16(19(26-30-10)17-11(21)5-4-8-14(17)24)20(29)27(2)9-15(28)25-18-12(22)6-3-7-13(18)23/h3-8H,9H2,1-2H3,(H,25,28). The number of likely N-dealkylation sites (N-methyl/N-ethyl adjacent to an activating group) is 1. The minimum absolute atomic E-state index is 0.00748. The van der Waals surface area contributed by atoms with Crippen LogP contribution in [0.5, 0.6) is 0 Å². The SMILES string of the molecule is Cc1onc(-c2c(F)cccc2Cl)c1C(=O)N(C)CC(=O)Nc1c(Cl)cccc1Cl. The van der Waals surface area contributed by atoms with Crippen LogP contribution >= 0.6 is 34.8 Å². The van der Waals surface area contributed by atoms with Gasteiger partial charge < -0.3 is 14.7 Å². The number of anilines is 1. The maximum absolute atomic E-state index is 14.3. The van der Waals surface area contributed by atoms with E-state index in [0.717, 1.165) is 4.90 Å². The molecule has 0 spiro atoms. The van der Waals surface area contributed by atoms with Gasteiger partial charge in [0.25, 0.3) is 5.91 Å². The zero-order chi connectivity index (χ0) is 22.0. The molecule has 156 valence electrons. The summed E-state index contributed by atoms with van der Waals surface area (Å²) in [5, 5.41) is 6.97. The van der Waals surface area contributed by atoms with Crippen LogP contribution in [-0.4, -0.2) is 35.5 Å². The molecular weight excluding hydrogens is 456 g/mol. The molecule has 0 atom stereocenters. The number of hydrogen-bond donors (Lipinski definition) is 1. The van der Waals surface area contributed by atoms with Crippen LogP contribution in [0.1, 0.15) is 16.1 Å². The average Bonchev–Trinajstić information content (AvgIpc) is 3.05. The number of benzene rings is 2. The summed E-state index contributed by atoms with van der Waals surface area (Å²) in [6, 6.07) is 8.89. The molecule has 1 heterocycles. The molecule has 0 aliphatic carbocycles. The molecule has 10 heteroatoms. The first-order valence-corrected chi connectivity index (χ1v) is 9.74. The Hall–Kier alpha value is -2.61. The lowest BCUT2D eigenvalue weighted by atomic mass is 10.0. The number of hydrogen-bond acceptors (Lipinski definition) is 4. The van der Waals surface area contributed by atoms with Crippen molar-refractivity contribution >= 4 is 52.3 Å². The molecule has 1 aromatic heterocycles. The lowest BCUT2D eigenvalue weighted by Gasteiger charge is -2.18. The fraction of sp³-hybridized carbons (Fsp3) is 0.150. The summed E-state index contributed by atoms with van der Waals surface area (Å²) in [5.74, 6) is -1.61. The average molecular weight is 471 g/mol. The number of para-hydroxylation sites is 1. The van der Waals surface area contributed by atoms with Gasteiger partial charge in [-0.05, 0) is 31.2 Å². The molecule has 1 N–H and O–H groups in total. The molecule has 0 aliphatic heterocycles. The fourth-order valence-corrected chi connectivity index (χ4v) is 3.54. The summed E-state index contributed by atoms with van der Waals surface area (Å²) in [5.41, 5.74) is 0.154. The molecule has 0 saturated carbocycles. The van der Waals surface area contributed by atoms with E-state index in [2.05, 4.69) is 10.5 Å². The lowest BCUT2D eigenvalue weighted by molar-refractivity contribution is -0.116. The topological polar surface area (TPSA) is 75.4 Å². The molecule has 0 saturated heterocycles. The molecule has 3 aromatic rings. The Labute approximate surface area is 186 Å². The maximum Gasteiger partial charge on any atom is 0.259 e. The summed E-state index contributed by atoms with van der Waals surface area (Å²) in [7, 11) is 1.41. The summed E-state index contributed by atoms with van der Waals surface area (Å²) in [6.07, 6.45) is 0. The van der Waals surface area contributed by atoms with Crippen LogP contribution in [-0.2, 0) is 4.79 Å². The molecule has 0 fully saturated rings. The number of aryl methyl sites for hydroxylation is 1. The molecule has 2 amide bonds. The van der Waals surface area contributed by atoms with Crippen LogP contribution in [0.3, 0.4) is 0 Å². The predicted octanol–water partition coefficient (Wildman–Crippen LogP) is 5.46. The van der Waals surface area contributed by atoms with Crippen molar-refractivity contribution in [3.05, 3.63) is 68.6 Å². The van der Waals surface area contributed by atoms with E-state index in [-0.39, 0.29) is 49.9 Å². The number of halogens is 4. The van der Waals surface area contributed by atoms with Crippen molar-refractivity contribution in [2.24, 2.45) is 0 Å². The van der Waals surface area contributed by atoms with Gasteiger partial charge in [-0.2, -0.15) is 0 Å². The van der Waals surface area contributed by atoms with Crippen molar-refractivity contribution in [1.82, 2.24) is 10.1 Å². The number of carbonyl (C=O) groups excluding carboxylic acids is 2. The third kappa shape index (κ3) is 4.43. The molecule has 3 rings (SSSR count). The van der Waals surface area contributed by atoms with Gasteiger partial charge in [-0.25, -0.2) is 4.39 Å². The first kappa shape index (κ1) is 22.1. The number of nitrogens with one attached hydrogen (secondary N) is 1. The van der Waals surface area contributed by atoms with Crippen LogP contribution in [0.25, 0.3) is 11.3 Å². The Balaban J connectivity index is 1.84. The minimum Gasteiger partial charge on any atom is -0.360 e. The number of rotatable bonds is 5. The van der Waals surface area contributed by atoms with Gasteiger partial charge in [0, 0.05) is 7.05 Å². The van der Waals surface area contributed by atoms with Crippen LogP contribution in [0, 0.1) is 12.7 Å². The van der Waals surface area contributed by atoms with E-state index < -0.39 is 17.6 Å². The van der Waals surface area contributed by atoms with Crippen molar-refractivity contribution in [1.29, 1.82) is 0 Å². The van der Waals surface area contributed by atoms with Gasteiger partial charge in [-0.1, -0.05) is 52.1 Å². The van der Waals surface area contributed by atoms with Gasteiger partial charge in [-0.15, -0.1) is 0 Å². The Morgan fingerprint density at radius 2 is 1.70 bits per heavy atom. The highest BCUT2D eigenvalue weighted by atomic mass is 35.5. The monoisotopic (exact) mass is 469 g/mol. The maximum atomic E-state index is 14.3. The fourth-order valence-electron chi connectivity index (χ4n) is 2.79. The van der Waals surface area contributed by atoms with Gasteiger partial charge in [-0.3, -0.25) is 9.59 Å². The molecule has 0 radical (unpaired) electrons. The number of amides is 2. The van der Waals surface area contributed by atoms with Crippen LogP contribution < -0.4 is 5.32 Å². The zero-order valence-electron chi connectivity index (χ0n) is 15.8. The van der Waals surface area contributed by atoms with Crippen molar-refractivity contribution in [2.45, 2.75) is 6.92 Å². The van der Waals surface area contributed by atoms with Crippen molar-refractivity contribution in [3.63, 3.8) is 0 Å². The Kier molecular flexibility index (Phi) is 6.65. The third-order valence-electron chi connectivity index (χ3n) is 4.23. The molecule has 0 bridgehead atoms. The third-order valence-corrected chi connectivity index (χ3v) is 5.18. The van der Waals surface area contributed by atoms with E-state index in [1.165, 1.54) is 32.2 Å². The van der Waals surface area contributed by atoms with E-state index in [9.17, 15) is 14.0 Å². The summed E-state index contributed by atoms with van der Waals surface area (Å²) < 4.78 is 19.4. The largest absolute Gasteiger partial charge is 0.360 e. The Morgan fingerprint density at radius 3 is 2.33 bits per heavy atom. The minimum atomic E-state index is -0.654. The van der Waals surface area contributed by atoms with E-state index in [1.807, 2.05) is 0 Å². The second-order valence-electron chi connectivity index (χ2n) is 6.37. The van der Waals surface area contributed by atoms with Gasteiger partial charge in [0.15, 0.2) is 0 Å². The van der Waals surface area contributed by atoms with E-state index in [0.29, 0.717) is 0 Å². The number of carbonyl (C=O) groups is 2. The highest BCUT2D eigenvalue weighted by Gasteiger charge is 2.28. The second-order valence-corrected chi connectivity index (χ2v) is 7.59. The van der Waals surface area contributed by atoms with Crippen LogP contribution in [0.2, 0.25) is 15.1 Å². The van der Waals surface area contributed by atoms with Gasteiger partial charge in [0.05, 0.1) is 32.9 Å².